The van der Waals surface area contributed by atoms with Crippen LogP contribution in [0.5, 0.6) is 0 Å². The minimum atomic E-state index is -0.218. The Morgan fingerprint density at radius 3 is 2.52 bits per heavy atom. The van der Waals surface area contributed by atoms with E-state index in [1.807, 2.05) is 37.3 Å². The Labute approximate surface area is 147 Å². The summed E-state index contributed by atoms with van der Waals surface area (Å²) in [4.78, 5) is 23.5. The molecule has 0 bridgehead atoms. The molecule has 25 heavy (non-hydrogen) atoms. The van der Waals surface area contributed by atoms with E-state index in [0.29, 0.717) is 26.1 Å². The van der Waals surface area contributed by atoms with Gasteiger partial charge in [-0.15, -0.1) is 0 Å². The van der Waals surface area contributed by atoms with Crippen LogP contribution in [-0.2, 0) is 13.1 Å². The molecule has 2 amide bonds. The second-order valence-electron chi connectivity index (χ2n) is 6.16. The first-order valence-electron chi connectivity index (χ1n) is 8.44. The molecule has 0 radical (unpaired) electrons. The number of nitrogens with one attached hydrogen (secondary N) is 2. The van der Waals surface area contributed by atoms with Crippen LogP contribution in [0.2, 0.25) is 0 Å². The summed E-state index contributed by atoms with van der Waals surface area (Å²) in [6.07, 6.45) is 2.44. The van der Waals surface area contributed by atoms with Gasteiger partial charge in [0.15, 0.2) is 0 Å². The Morgan fingerprint density at radius 1 is 1.12 bits per heavy atom. The summed E-state index contributed by atoms with van der Waals surface area (Å²) in [5, 5.41) is 14.4. The molecule has 134 valence electrons. The summed E-state index contributed by atoms with van der Waals surface area (Å²) in [6, 6.07) is 12.7. The number of amides is 2. The average Bonchev–Trinajstić information content (AvgIpc) is 2.61. The molecule has 2 rings (SSSR count). The lowest BCUT2D eigenvalue weighted by Crippen LogP contribution is -2.37. The summed E-state index contributed by atoms with van der Waals surface area (Å²) in [7, 11) is 0. The van der Waals surface area contributed by atoms with E-state index in [4.69, 9.17) is 5.11 Å². The number of carbonyl (C=O) groups excluding carboxylic acids is 1. The normalized spacial score (nSPS) is 11.8. The van der Waals surface area contributed by atoms with E-state index < -0.39 is 0 Å². The molecule has 1 aromatic carbocycles. The Balaban J connectivity index is 1.79. The van der Waals surface area contributed by atoms with Crippen molar-refractivity contribution in [2.75, 3.05) is 13.2 Å². The summed E-state index contributed by atoms with van der Waals surface area (Å²) in [6.45, 7) is 3.61. The number of rotatable bonds is 8. The number of pyridine rings is 1. The van der Waals surface area contributed by atoms with Gasteiger partial charge in [-0.25, -0.2) is 4.79 Å². The van der Waals surface area contributed by atoms with Gasteiger partial charge in [0, 0.05) is 32.0 Å². The van der Waals surface area contributed by atoms with E-state index in [0.717, 1.165) is 11.1 Å². The highest BCUT2D eigenvalue weighted by Crippen LogP contribution is 2.06. The zero-order valence-corrected chi connectivity index (χ0v) is 14.4. The smallest absolute Gasteiger partial charge is 0.315 e. The molecule has 2 aromatic rings. The number of benzene rings is 1. The topological polar surface area (TPSA) is 83.4 Å². The molecular weight excluding hydrogens is 318 g/mol. The number of aliphatic hydroxyl groups is 1. The predicted molar refractivity (Wildman–Crippen MR) is 97.4 cm³/mol. The van der Waals surface area contributed by atoms with Crippen LogP contribution >= 0.6 is 0 Å². The molecule has 1 atom stereocenters. The van der Waals surface area contributed by atoms with E-state index in [2.05, 4.69) is 10.6 Å². The quantitative estimate of drug-likeness (QED) is 0.682. The van der Waals surface area contributed by atoms with E-state index >= 15 is 0 Å². The van der Waals surface area contributed by atoms with Gasteiger partial charge >= 0.3 is 6.03 Å². The molecule has 1 unspecified atom stereocenters. The second kappa shape index (κ2) is 9.64. The number of hydrogen-bond acceptors (Lipinski definition) is 3. The van der Waals surface area contributed by atoms with Crippen molar-refractivity contribution in [3.63, 3.8) is 0 Å². The van der Waals surface area contributed by atoms with Crippen LogP contribution in [0.4, 0.5) is 4.79 Å². The van der Waals surface area contributed by atoms with Gasteiger partial charge in [0.25, 0.3) is 5.56 Å². The predicted octanol–water partition coefficient (Wildman–Crippen LogP) is 1.71. The second-order valence-corrected chi connectivity index (χ2v) is 6.16. The summed E-state index contributed by atoms with van der Waals surface area (Å²) < 4.78 is 1.65. The van der Waals surface area contributed by atoms with Gasteiger partial charge in [0.2, 0.25) is 0 Å². The highest BCUT2D eigenvalue weighted by Gasteiger charge is 2.05. The van der Waals surface area contributed by atoms with Crippen LogP contribution < -0.4 is 16.2 Å². The Bertz CT molecular complexity index is 725. The highest BCUT2D eigenvalue weighted by molar-refractivity contribution is 5.73. The minimum Gasteiger partial charge on any atom is -0.396 e. The average molecular weight is 343 g/mol. The molecule has 0 aliphatic heterocycles. The van der Waals surface area contributed by atoms with Crippen molar-refractivity contribution in [2.24, 2.45) is 5.92 Å². The molecule has 0 saturated carbocycles. The summed E-state index contributed by atoms with van der Waals surface area (Å²) >= 11 is 0. The summed E-state index contributed by atoms with van der Waals surface area (Å²) in [5.74, 6) is 0.247. The Hall–Kier alpha value is -2.60. The van der Waals surface area contributed by atoms with E-state index in [1.54, 1.807) is 16.8 Å². The zero-order valence-electron chi connectivity index (χ0n) is 14.4. The maximum Gasteiger partial charge on any atom is 0.315 e. The van der Waals surface area contributed by atoms with Crippen LogP contribution in [0.15, 0.2) is 53.5 Å². The monoisotopic (exact) mass is 343 g/mol. The number of aliphatic hydroxyl groups excluding tert-OH is 1. The number of aromatic nitrogens is 1. The first-order chi connectivity index (χ1) is 12.1. The lowest BCUT2D eigenvalue weighted by atomic mass is 10.1. The number of hydrogen-bond donors (Lipinski definition) is 3. The molecule has 1 aromatic heterocycles. The van der Waals surface area contributed by atoms with Gasteiger partial charge in [0.1, 0.15) is 0 Å². The molecule has 6 nitrogen and oxygen atoms in total. The fraction of sp³-hybridized carbons (Fsp3) is 0.368. The van der Waals surface area contributed by atoms with Gasteiger partial charge in [-0.1, -0.05) is 37.3 Å². The molecule has 0 fully saturated rings. The van der Waals surface area contributed by atoms with E-state index in [9.17, 15) is 9.59 Å². The zero-order chi connectivity index (χ0) is 18.1. The van der Waals surface area contributed by atoms with Crippen molar-refractivity contribution < 1.29 is 9.90 Å². The molecular formula is C19H25N3O3. The van der Waals surface area contributed by atoms with Gasteiger partial charge in [-0.05, 0) is 29.5 Å². The van der Waals surface area contributed by atoms with Crippen molar-refractivity contribution in [3.8, 4) is 0 Å². The molecule has 0 spiro atoms. The van der Waals surface area contributed by atoms with Gasteiger partial charge < -0.3 is 20.3 Å². The van der Waals surface area contributed by atoms with Crippen molar-refractivity contribution in [3.05, 3.63) is 70.1 Å². The van der Waals surface area contributed by atoms with Gasteiger partial charge in [-0.3, -0.25) is 4.79 Å². The molecule has 0 aliphatic carbocycles. The Kier molecular flexibility index (Phi) is 7.22. The molecule has 0 saturated heterocycles. The molecule has 1 heterocycles. The SMILES string of the molecule is CC(CCO)CNC(=O)NCc1ccc(Cn2ccccc2=O)cc1. The van der Waals surface area contributed by atoms with Crippen LogP contribution in [0, 0.1) is 5.92 Å². The fourth-order valence-electron chi connectivity index (χ4n) is 2.38. The maximum atomic E-state index is 11.7. The number of nitrogens with zero attached hydrogens (tertiary/aromatic N) is 1. The molecule has 3 N–H and O–H groups in total. The number of carbonyl (C=O) groups is 1. The standard InChI is InChI=1S/C19H25N3O3/c1-15(9-11-23)12-20-19(25)21-13-16-5-7-17(8-6-16)14-22-10-3-2-4-18(22)24/h2-8,10,15,23H,9,11-14H2,1H3,(H2,20,21,25). The lowest BCUT2D eigenvalue weighted by molar-refractivity contribution is 0.233. The molecule has 0 aliphatic rings. The Morgan fingerprint density at radius 2 is 1.84 bits per heavy atom. The van der Waals surface area contributed by atoms with Crippen molar-refractivity contribution in [2.45, 2.75) is 26.4 Å². The van der Waals surface area contributed by atoms with Crippen LogP contribution in [0.25, 0.3) is 0 Å². The fourth-order valence-corrected chi connectivity index (χ4v) is 2.38. The van der Waals surface area contributed by atoms with Gasteiger partial charge in [-0.2, -0.15) is 0 Å². The van der Waals surface area contributed by atoms with Gasteiger partial charge in [0.05, 0.1) is 6.54 Å². The third-order valence-electron chi connectivity index (χ3n) is 3.96. The first kappa shape index (κ1) is 18.7. The minimum absolute atomic E-state index is 0.0275. The largest absolute Gasteiger partial charge is 0.396 e. The third kappa shape index (κ3) is 6.43. The van der Waals surface area contributed by atoms with E-state index in [-0.39, 0.29) is 24.1 Å². The van der Waals surface area contributed by atoms with Crippen molar-refractivity contribution >= 4 is 6.03 Å². The highest BCUT2D eigenvalue weighted by atomic mass is 16.3. The van der Waals surface area contributed by atoms with E-state index in [1.165, 1.54) is 6.07 Å². The molecule has 6 heteroatoms. The van der Waals surface area contributed by atoms with Crippen LogP contribution in [-0.4, -0.2) is 28.9 Å². The first-order valence-corrected chi connectivity index (χ1v) is 8.44. The van der Waals surface area contributed by atoms with Crippen LogP contribution in [0.1, 0.15) is 24.5 Å². The third-order valence-corrected chi connectivity index (χ3v) is 3.96. The summed E-state index contributed by atoms with van der Waals surface area (Å²) in [5.41, 5.74) is 1.99. The lowest BCUT2D eigenvalue weighted by Gasteiger charge is -2.12. The van der Waals surface area contributed by atoms with Crippen molar-refractivity contribution in [1.29, 1.82) is 0 Å². The van der Waals surface area contributed by atoms with Crippen molar-refractivity contribution in [1.82, 2.24) is 15.2 Å². The number of urea groups is 1. The van der Waals surface area contributed by atoms with Crippen LogP contribution in [0.3, 0.4) is 0 Å². The maximum absolute atomic E-state index is 11.7.